The van der Waals surface area contributed by atoms with E-state index < -0.39 is 28.2 Å². The second kappa shape index (κ2) is 7.35. The first-order valence-corrected chi connectivity index (χ1v) is 13.9. The highest BCUT2D eigenvalue weighted by atomic mass is 16.4. The SMILES string of the molecule is CC1(C)CC[C@]2(C(=O)O)CC[C@]3(C)C(=CC[C@@H]4[C@@]5(C)C=C(C(=O)O)C(=O)C(C)(C)[C@@H]5CC[C@]43C)[C@@H]2C1. The van der Waals surface area contributed by atoms with Crippen molar-refractivity contribution in [3.63, 3.8) is 0 Å². The van der Waals surface area contributed by atoms with E-state index in [1.807, 2.05) is 19.9 Å². The molecular formula is C31H44O5. The van der Waals surface area contributed by atoms with Crippen LogP contribution in [0.4, 0.5) is 0 Å². The van der Waals surface area contributed by atoms with Crippen molar-refractivity contribution < 1.29 is 24.6 Å². The lowest BCUT2D eigenvalue weighted by molar-refractivity contribution is -0.175. The first kappa shape index (κ1) is 25.7. The van der Waals surface area contributed by atoms with Crippen LogP contribution >= 0.6 is 0 Å². The van der Waals surface area contributed by atoms with Crippen molar-refractivity contribution in [2.24, 2.45) is 50.2 Å². The zero-order valence-corrected chi connectivity index (χ0v) is 23.2. The summed E-state index contributed by atoms with van der Waals surface area (Å²) < 4.78 is 0. The van der Waals surface area contributed by atoms with Gasteiger partial charge in [0, 0.05) is 5.41 Å². The Morgan fingerprint density at radius 1 is 0.889 bits per heavy atom. The summed E-state index contributed by atoms with van der Waals surface area (Å²) in [5.41, 5.74) is -0.589. The fourth-order valence-electron chi connectivity index (χ4n) is 10.3. The molecular weight excluding hydrogens is 452 g/mol. The average molecular weight is 497 g/mol. The molecule has 0 saturated heterocycles. The molecule has 3 saturated carbocycles. The molecule has 0 bridgehead atoms. The number of rotatable bonds is 2. The third-order valence-corrected chi connectivity index (χ3v) is 12.6. The van der Waals surface area contributed by atoms with Crippen LogP contribution in [0.25, 0.3) is 0 Å². The molecule has 0 unspecified atom stereocenters. The van der Waals surface area contributed by atoms with Gasteiger partial charge in [0.05, 0.1) is 11.0 Å². The second-order valence-electron chi connectivity index (χ2n) is 15.0. The van der Waals surface area contributed by atoms with E-state index in [4.69, 9.17) is 0 Å². The molecule has 36 heavy (non-hydrogen) atoms. The maximum Gasteiger partial charge on any atom is 0.339 e. The number of hydrogen-bond acceptors (Lipinski definition) is 3. The summed E-state index contributed by atoms with van der Waals surface area (Å²) in [5.74, 6) is -1.65. The summed E-state index contributed by atoms with van der Waals surface area (Å²) in [6, 6.07) is 0. The maximum absolute atomic E-state index is 13.2. The van der Waals surface area contributed by atoms with Gasteiger partial charge < -0.3 is 10.2 Å². The first-order valence-electron chi connectivity index (χ1n) is 13.9. The van der Waals surface area contributed by atoms with Gasteiger partial charge in [-0.3, -0.25) is 9.59 Å². The Labute approximate surface area is 215 Å². The number of Topliss-reactive ketones (excluding diaryl/α,β-unsaturated/α-hetero) is 1. The van der Waals surface area contributed by atoms with Gasteiger partial charge in [-0.15, -0.1) is 0 Å². The van der Waals surface area contributed by atoms with Crippen LogP contribution < -0.4 is 0 Å². The van der Waals surface area contributed by atoms with Crippen LogP contribution in [0, 0.1) is 50.2 Å². The minimum atomic E-state index is -1.12. The van der Waals surface area contributed by atoms with Crippen molar-refractivity contribution >= 4 is 17.7 Å². The predicted molar refractivity (Wildman–Crippen MR) is 138 cm³/mol. The second-order valence-corrected chi connectivity index (χ2v) is 15.0. The highest BCUT2D eigenvalue weighted by molar-refractivity contribution is 6.19. The van der Waals surface area contributed by atoms with Crippen LogP contribution in [0.1, 0.15) is 99.8 Å². The summed E-state index contributed by atoms with van der Waals surface area (Å²) in [4.78, 5) is 38.2. The molecule has 0 aromatic rings. The standard InChI is InChI=1S/C31H44O5/c1-26(2)12-14-31(25(35)36)15-13-29(6)19(20(31)17-26)8-9-22-28(5)16-18(24(33)34)23(32)27(3,4)21(28)10-11-30(22,29)7/h8,16,20-22H,9-15,17H2,1-7H3,(H,33,34)(H,35,36)/t20-,21-,22+,28-,29+,30+,31-/m0/s1. The summed E-state index contributed by atoms with van der Waals surface area (Å²) >= 11 is 0. The molecule has 0 aromatic carbocycles. The predicted octanol–water partition coefficient (Wildman–Crippen LogP) is 6.67. The number of ketones is 1. The molecule has 5 rings (SSSR count). The lowest BCUT2D eigenvalue weighted by Gasteiger charge is -2.69. The van der Waals surface area contributed by atoms with E-state index in [0.29, 0.717) is 6.42 Å². The zero-order valence-electron chi connectivity index (χ0n) is 23.2. The van der Waals surface area contributed by atoms with E-state index in [2.05, 4.69) is 40.7 Å². The molecule has 198 valence electrons. The smallest absolute Gasteiger partial charge is 0.339 e. The number of aliphatic carboxylic acids is 2. The zero-order chi connectivity index (χ0) is 26.7. The van der Waals surface area contributed by atoms with Crippen LogP contribution in [-0.2, 0) is 14.4 Å². The van der Waals surface area contributed by atoms with Crippen molar-refractivity contribution in [1.82, 2.24) is 0 Å². The van der Waals surface area contributed by atoms with Crippen molar-refractivity contribution in [2.75, 3.05) is 0 Å². The molecule has 0 amide bonds. The van der Waals surface area contributed by atoms with Gasteiger partial charge >= 0.3 is 11.9 Å². The minimum absolute atomic E-state index is 0.0505. The largest absolute Gasteiger partial charge is 0.481 e. The van der Waals surface area contributed by atoms with E-state index in [0.717, 1.165) is 44.9 Å². The number of fused-ring (bicyclic) bond motifs is 7. The number of carbonyl (C=O) groups is 3. The van der Waals surface area contributed by atoms with Gasteiger partial charge in [-0.25, -0.2) is 4.79 Å². The van der Waals surface area contributed by atoms with E-state index in [-0.39, 0.29) is 45.4 Å². The normalized spacial score (nSPS) is 46.8. The quantitative estimate of drug-likeness (QED) is 0.329. The van der Waals surface area contributed by atoms with Gasteiger partial charge in [0.15, 0.2) is 5.78 Å². The number of allylic oxidation sites excluding steroid dienone is 3. The molecule has 5 heteroatoms. The van der Waals surface area contributed by atoms with Crippen LogP contribution in [0.15, 0.2) is 23.3 Å². The molecule has 0 heterocycles. The Morgan fingerprint density at radius 2 is 1.53 bits per heavy atom. The molecule has 5 aliphatic carbocycles. The van der Waals surface area contributed by atoms with E-state index in [1.54, 1.807) is 0 Å². The first-order chi connectivity index (χ1) is 16.5. The molecule has 7 atom stereocenters. The minimum Gasteiger partial charge on any atom is -0.481 e. The molecule has 5 aliphatic rings. The van der Waals surface area contributed by atoms with Crippen molar-refractivity contribution in [3.05, 3.63) is 23.3 Å². The Morgan fingerprint density at radius 3 is 2.14 bits per heavy atom. The van der Waals surface area contributed by atoms with Crippen molar-refractivity contribution in [3.8, 4) is 0 Å². The Kier molecular flexibility index (Phi) is 5.25. The number of carboxylic acids is 2. The molecule has 0 spiro atoms. The van der Waals surface area contributed by atoms with E-state index in [9.17, 15) is 24.6 Å². The van der Waals surface area contributed by atoms with Gasteiger partial charge in [0.25, 0.3) is 0 Å². The highest BCUT2D eigenvalue weighted by Crippen LogP contribution is 2.75. The topological polar surface area (TPSA) is 91.7 Å². The maximum atomic E-state index is 13.2. The third kappa shape index (κ3) is 2.98. The molecule has 0 aromatic heterocycles. The summed E-state index contributed by atoms with van der Waals surface area (Å²) in [6.45, 7) is 15.4. The molecule has 0 aliphatic heterocycles. The number of carboxylic acid groups (broad SMARTS) is 2. The third-order valence-electron chi connectivity index (χ3n) is 12.6. The molecule has 0 radical (unpaired) electrons. The highest BCUT2D eigenvalue weighted by Gasteiger charge is 2.69. The fourth-order valence-corrected chi connectivity index (χ4v) is 10.3. The van der Waals surface area contributed by atoms with Gasteiger partial charge in [-0.05, 0) is 90.8 Å². The molecule has 3 fully saturated rings. The number of hydrogen-bond donors (Lipinski definition) is 2. The summed E-state index contributed by atoms with van der Waals surface area (Å²) in [5, 5.41) is 20.4. The summed E-state index contributed by atoms with van der Waals surface area (Å²) in [7, 11) is 0. The molecule has 2 N–H and O–H groups in total. The Balaban J connectivity index is 1.66. The van der Waals surface area contributed by atoms with E-state index >= 15 is 0 Å². The molecule has 5 nitrogen and oxygen atoms in total. The fraction of sp³-hybridized carbons (Fsp3) is 0.774. The lowest BCUT2D eigenvalue weighted by Crippen LogP contribution is -2.64. The number of carbonyl (C=O) groups excluding carboxylic acids is 1. The summed E-state index contributed by atoms with van der Waals surface area (Å²) in [6.07, 6.45) is 11.0. The van der Waals surface area contributed by atoms with Crippen molar-refractivity contribution in [2.45, 2.75) is 99.8 Å². The van der Waals surface area contributed by atoms with Crippen LogP contribution in [-0.4, -0.2) is 27.9 Å². The Bertz CT molecular complexity index is 1110. The van der Waals surface area contributed by atoms with Crippen LogP contribution in [0.2, 0.25) is 0 Å². The van der Waals surface area contributed by atoms with Crippen LogP contribution in [0.5, 0.6) is 0 Å². The van der Waals surface area contributed by atoms with Gasteiger partial charge in [0.2, 0.25) is 0 Å². The Hall–Kier alpha value is -1.91. The van der Waals surface area contributed by atoms with E-state index in [1.165, 1.54) is 5.57 Å². The average Bonchev–Trinajstić information content (AvgIpc) is 2.76. The monoisotopic (exact) mass is 496 g/mol. The van der Waals surface area contributed by atoms with Crippen LogP contribution in [0.3, 0.4) is 0 Å². The lowest BCUT2D eigenvalue weighted by atomic mass is 9.34. The van der Waals surface area contributed by atoms with Gasteiger partial charge in [-0.1, -0.05) is 66.2 Å². The van der Waals surface area contributed by atoms with Gasteiger partial charge in [-0.2, -0.15) is 0 Å². The van der Waals surface area contributed by atoms with Crippen molar-refractivity contribution in [1.29, 1.82) is 0 Å². The van der Waals surface area contributed by atoms with Gasteiger partial charge in [0.1, 0.15) is 0 Å².